The smallest absolute Gasteiger partial charge is 0.254 e. The summed E-state index contributed by atoms with van der Waals surface area (Å²) in [5.41, 5.74) is 3.76. The summed E-state index contributed by atoms with van der Waals surface area (Å²) in [5, 5.41) is 0.534. The number of rotatable bonds is 2. The van der Waals surface area contributed by atoms with Gasteiger partial charge in [-0.2, -0.15) is 0 Å². The van der Waals surface area contributed by atoms with Gasteiger partial charge in [-0.25, -0.2) is 4.39 Å². The van der Waals surface area contributed by atoms with Crippen LogP contribution in [0.25, 0.3) is 0 Å². The van der Waals surface area contributed by atoms with Crippen LogP contribution in [0.15, 0.2) is 72.8 Å². The minimum Gasteiger partial charge on any atom is -0.327 e. The molecule has 1 amide bonds. The molecule has 0 fully saturated rings. The van der Waals surface area contributed by atoms with E-state index in [0.29, 0.717) is 17.1 Å². The highest BCUT2D eigenvalue weighted by atomic mass is 35.5. The monoisotopic (exact) mass is 365 g/mol. The zero-order valence-corrected chi connectivity index (χ0v) is 14.8. The summed E-state index contributed by atoms with van der Waals surface area (Å²) >= 11 is 6.07. The summed E-state index contributed by atoms with van der Waals surface area (Å²) < 4.78 is 13.4. The number of hydrogen-bond acceptors (Lipinski definition) is 1. The molecule has 0 saturated carbocycles. The lowest BCUT2D eigenvalue weighted by Gasteiger charge is -2.38. The van der Waals surface area contributed by atoms with E-state index in [1.807, 2.05) is 23.1 Å². The first-order chi connectivity index (χ1) is 12.6. The third-order valence-electron chi connectivity index (χ3n) is 4.80. The molecule has 0 N–H and O–H groups in total. The molecular formula is C22H17ClFNO. The maximum atomic E-state index is 13.4. The zero-order valence-electron chi connectivity index (χ0n) is 14.0. The van der Waals surface area contributed by atoms with Crippen molar-refractivity contribution < 1.29 is 9.18 Å². The molecule has 0 saturated heterocycles. The van der Waals surface area contributed by atoms with E-state index < -0.39 is 0 Å². The molecule has 1 atom stereocenters. The number of hydrogen-bond donors (Lipinski definition) is 0. The minimum atomic E-state index is -0.287. The Morgan fingerprint density at radius 1 is 1.00 bits per heavy atom. The van der Waals surface area contributed by atoms with Gasteiger partial charge in [-0.3, -0.25) is 4.79 Å². The molecule has 3 aromatic rings. The second-order valence-corrected chi connectivity index (χ2v) is 6.85. The van der Waals surface area contributed by atoms with Crippen molar-refractivity contribution in [1.29, 1.82) is 0 Å². The number of nitrogens with zero attached hydrogens (tertiary/aromatic N) is 1. The lowest BCUT2D eigenvalue weighted by molar-refractivity contribution is 0.0694. The van der Waals surface area contributed by atoms with E-state index in [1.54, 1.807) is 36.4 Å². The van der Waals surface area contributed by atoms with Crippen LogP contribution in [-0.4, -0.2) is 17.4 Å². The molecule has 0 aromatic heterocycles. The maximum Gasteiger partial charge on any atom is 0.254 e. The van der Waals surface area contributed by atoms with Crippen molar-refractivity contribution in [2.24, 2.45) is 0 Å². The normalized spacial score (nSPS) is 16.2. The first-order valence-electron chi connectivity index (χ1n) is 8.53. The van der Waals surface area contributed by atoms with E-state index >= 15 is 0 Å². The molecule has 130 valence electrons. The molecule has 0 bridgehead atoms. The Bertz CT molecular complexity index is 954. The molecule has 1 aliphatic rings. The van der Waals surface area contributed by atoms with E-state index in [-0.39, 0.29) is 17.8 Å². The van der Waals surface area contributed by atoms with Crippen LogP contribution in [0.3, 0.4) is 0 Å². The number of halogens is 2. The lowest BCUT2D eigenvalue weighted by atomic mass is 9.87. The highest BCUT2D eigenvalue weighted by molar-refractivity contribution is 6.30. The van der Waals surface area contributed by atoms with Crippen LogP contribution in [0, 0.1) is 5.82 Å². The number of carbonyl (C=O) groups is 1. The van der Waals surface area contributed by atoms with Gasteiger partial charge >= 0.3 is 0 Å². The third-order valence-corrected chi connectivity index (χ3v) is 5.04. The number of carbonyl (C=O) groups excluding carboxylic acids is 1. The van der Waals surface area contributed by atoms with Crippen LogP contribution in [0.4, 0.5) is 4.39 Å². The average molecular weight is 366 g/mol. The predicted molar refractivity (Wildman–Crippen MR) is 101 cm³/mol. The molecule has 2 nitrogen and oxygen atoms in total. The maximum absolute atomic E-state index is 13.4. The summed E-state index contributed by atoms with van der Waals surface area (Å²) in [6.45, 7) is 0.602. The second-order valence-electron chi connectivity index (χ2n) is 6.41. The Labute approximate surface area is 156 Å². The van der Waals surface area contributed by atoms with E-state index in [1.165, 1.54) is 17.7 Å². The minimum absolute atomic E-state index is 0.0728. The molecule has 1 heterocycles. The molecule has 1 aliphatic heterocycles. The van der Waals surface area contributed by atoms with Crippen molar-refractivity contribution in [3.63, 3.8) is 0 Å². The Morgan fingerprint density at radius 3 is 2.54 bits per heavy atom. The fourth-order valence-electron chi connectivity index (χ4n) is 3.58. The fraction of sp³-hybridized carbons (Fsp3) is 0.136. The largest absolute Gasteiger partial charge is 0.327 e. The van der Waals surface area contributed by atoms with Crippen molar-refractivity contribution in [1.82, 2.24) is 4.90 Å². The molecule has 0 aliphatic carbocycles. The van der Waals surface area contributed by atoms with Gasteiger partial charge < -0.3 is 4.90 Å². The number of fused-ring (bicyclic) bond motifs is 1. The summed E-state index contributed by atoms with van der Waals surface area (Å²) in [7, 11) is 0. The van der Waals surface area contributed by atoms with Gasteiger partial charge in [-0.1, -0.05) is 54.1 Å². The lowest BCUT2D eigenvalue weighted by Crippen LogP contribution is -2.40. The van der Waals surface area contributed by atoms with Gasteiger partial charge in [0.2, 0.25) is 0 Å². The van der Waals surface area contributed by atoms with Crippen molar-refractivity contribution in [2.45, 2.75) is 12.5 Å². The van der Waals surface area contributed by atoms with Crippen LogP contribution >= 0.6 is 11.6 Å². The number of amides is 1. The van der Waals surface area contributed by atoms with Crippen molar-refractivity contribution >= 4 is 17.5 Å². The topological polar surface area (TPSA) is 20.3 Å². The van der Waals surface area contributed by atoms with Crippen LogP contribution in [-0.2, 0) is 6.42 Å². The summed E-state index contributed by atoms with van der Waals surface area (Å²) in [6.07, 6.45) is 0.792. The van der Waals surface area contributed by atoms with Crippen molar-refractivity contribution in [2.75, 3.05) is 6.54 Å². The Balaban J connectivity index is 1.80. The van der Waals surface area contributed by atoms with Crippen LogP contribution < -0.4 is 0 Å². The van der Waals surface area contributed by atoms with Gasteiger partial charge in [0.25, 0.3) is 5.91 Å². The van der Waals surface area contributed by atoms with Gasteiger partial charge in [0, 0.05) is 17.1 Å². The predicted octanol–water partition coefficient (Wildman–Crippen LogP) is 5.27. The summed E-state index contributed by atoms with van der Waals surface area (Å²) in [6, 6.07) is 21.2. The van der Waals surface area contributed by atoms with Gasteiger partial charge in [0.05, 0.1) is 6.04 Å². The quantitative estimate of drug-likeness (QED) is 0.606. The molecular weight excluding hydrogens is 349 g/mol. The van der Waals surface area contributed by atoms with Crippen molar-refractivity contribution in [3.05, 3.63) is 106 Å². The fourth-order valence-corrected chi connectivity index (χ4v) is 3.77. The summed E-state index contributed by atoms with van der Waals surface area (Å²) in [4.78, 5) is 15.1. The molecule has 26 heavy (non-hydrogen) atoms. The van der Waals surface area contributed by atoms with Gasteiger partial charge in [-0.15, -0.1) is 0 Å². The molecule has 4 heteroatoms. The van der Waals surface area contributed by atoms with E-state index in [9.17, 15) is 9.18 Å². The molecule has 0 radical (unpaired) electrons. The van der Waals surface area contributed by atoms with Gasteiger partial charge in [0.15, 0.2) is 0 Å². The molecule has 0 unspecified atom stereocenters. The Morgan fingerprint density at radius 2 is 1.77 bits per heavy atom. The van der Waals surface area contributed by atoms with E-state index in [4.69, 9.17) is 11.6 Å². The molecule has 0 spiro atoms. The SMILES string of the molecule is O=C(c1cccc(Cl)c1)N1CCc2ccccc2[C@H]1c1ccc(F)cc1. The second kappa shape index (κ2) is 6.93. The van der Waals surface area contributed by atoms with E-state index in [0.717, 1.165) is 17.5 Å². The summed E-state index contributed by atoms with van der Waals surface area (Å²) in [5.74, 6) is -0.359. The highest BCUT2D eigenvalue weighted by Crippen LogP contribution is 2.36. The van der Waals surface area contributed by atoms with Crippen LogP contribution in [0.5, 0.6) is 0 Å². The van der Waals surface area contributed by atoms with Crippen LogP contribution in [0.1, 0.15) is 33.1 Å². The zero-order chi connectivity index (χ0) is 18.1. The average Bonchev–Trinajstić information content (AvgIpc) is 2.67. The standard InChI is InChI=1S/C22H17ClFNO/c23-18-6-3-5-17(14-18)22(26)25-13-12-15-4-1-2-7-20(15)21(25)16-8-10-19(24)11-9-16/h1-11,14,21H,12-13H2/t21-/m1/s1. The highest BCUT2D eigenvalue weighted by Gasteiger charge is 2.32. The van der Waals surface area contributed by atoms with E-state index in [2.05, 4.69) is 6.07 Å². The Hall–Kier alpha value is -2.65. The number of benzene rings is 3. The van der Waals surface area contributed by atoms with Crippen LogP contribution in [0.2, 0.25) is 5.02 Å². The first-order valence-corrected chi connectivity index (χ1v) is 8.91. The molecule has 3 aromatic carbocycles. The Kier molecular flexibility index (Phi) is 4.48. The van der Waals surface area contributed by atoms with Gasteiger partial charge in [-0.05, 0) is 53.4 Å². The van der Waals surface area contributed by atoms with Gasteiger partial charge in [0.1, 0.15) is 5.82 Å². The van der Waals surface area contributed by atoms with Crippen molar-refractivity contribution in [3.8, 4) is 0 Å². The third kappa shape index (κ3) is 3.11. The first kappa shape index (κ1) is 16.8. The molecule has 4 rings (SSSR count).